The number of rotatable bonds is 0. The highest BCUT2D eigenvalue weighted by atomic mass is 14.3. The van der Waals surface area contributed by atoms with Gasteiger partial charge in [0.1, 0.15) is 0 Å². The third kappa shape index (κ3) is 0.640. The van der Waals surface area contributed by atoms with Gasteiger partial charge in [-0.3, -0.25) is 0 Å². The monoisotopic (exact) mass is 140 g/mol. The third-order valence-corrected chi connectivity index (χ3v) is 2.36. The molecule has 0 saturated heterocycles. The zero-order valence-electron chi connectivity index (χ0n) is 6.17. The first-order chi connectivity index (χ1) is 5.45. The maximum Gasteiger partial charge on any atom is -0.00135 e. The van der Waals surface area contributed by atoms with E-state index in [1.807, 2.05) is 0 Å². The van der Waals surface area contributed by atoms with Crippen molar-refractivity contribution in [1.29, 1.82) is 0 Å². The summed E-state index contributed by atoms with van der Waals surface area (Å²) in [6.07, 6.45) is 1.23. The lowest BCUT2D eigenvalue weighted by atomic mass is 10.1. The van der Waals surface area contributed by atoms with Gasteiger partial charge in [0.15, 0.2) is 0 Å². The molecular formula is C11H8. The summed E-state index contributed by atoms with van der Waals surface area (Å²) in [6, 6.07) is 13.0. The smallest absolute Gasteiger partial charge is 0.00135 e. The van der Waals surface area contributed by atoms with Crippen LogP contribution in [0.3, 0.4) is 0 Å². The highest BCUT2D eigenvalue weighted by Crippen LogP contribution is 2.42. The van der Waals surface area contributed by atoms with Crippen LogP contribution in [0.5, 0.6) is 0 Å². The lowest BCUT2D eigenvalue weighted by molar-refractivity contribution is 1.54. The minimum atomic E-state index is 1.23. The Balaban J connectivity index is 2.43. The summed E-state index contributed by atoms with van der Waals surface area (Å²) < 4.78 is 0. The van der Waals surface area contributed by atoms with Crippen LogP contribution in [-0.2, 0) is 6.42 Å². The molecule has 0 atom stereocenters. The molecule has 3 rings (SSSR count). The van der Waals surface area contributed by atoms with Crippen LogP contribution in [-0.4, -0.2) is 0 Å². The van der Waals surface area contributed by atoms with Gasteiger partial charge < -0.3 is 0 Å². The average Bonchev–Trinajstić information content (AvgIpc) is 2.73. The first-order valence-corrected chi connectivity index (χ1v) is 3.95. The third-order valence-electron chi connectivity index (χ3n) is 2.36. The van der Waals surface area contributed by atoms with E-state index in [4.69, 9.17) is 0 Å². The van der Waals surface area contributed by atoms with Crippen molar-refractivity contribution in [2.45, 2.75) is 6.42 Å². The Hall–Kier alpha value is -1.30. The standard InChI is InChI=1S/C11H8/c1-2-4-8-6-9-7-11(9)10(8)5-3-1/h1-6H,7H2. The fourth-order valence-electron chi connectivity index (χ4n) is 1.70. The summed E-state index contributed by atoms with van der Waals surface area (Å²) in [4.78, 5) is 0. The van der Waals surface area contributed by atoms with E-state index in [1.54, 1.807) is 11.1 Å². The maximum atomic E-state index is 2.30. The topological polar surface area (TPSA) is 0 Å². The van der Waals surface area contributed by atoms with Crippen molar-refractivity contribution in [2.75, 3.05) is 0 Å². The molecule has 0 nitrogen and oxygen atoms in total. The van der Waals surface area contributed by atoms with Gasteiger partial charge in [0.05, 0.1) is 0 Å². The highest BCUT2D eigenvalue weighted by Gasteiger charge is 2.24. The van der Waals surface area contributed by atoms with Crippen LogP contribution >= 0.6 is 0 Å². The zero-order chi connectivity index (χ0) is 7.26. The maximum absolute atomic E-state index is 2.30. The largest absolute Gasteiger partial charge is 0.0622 e. The van der Waals surface area contributed by atoms with Gasteiger partial charge >= 0.3 is 0 Å². The molecule has 11 heavy (non-hydrogen) atoms. The Kier molecular flexibility index (Phi) is 0.803. The molecule has 0 bridgehead atoms. The molecular weight excluding hydrogens is 132 g/mol. The van der Waals surface area contributed by atoms with Gasteiger partial charge in [-0.05, 0) is 28.7 Å². The Labute approximate surface area is 65.8 Å². The minimum Gasteiger partial charge on any atom is -0.0622 e. The fourth-order valence-corrected chi connectivity index (χ4v) is 1.70. The molecule has 0 amide bonds. The van der Waals surface area contributed by atoms with Gasteiger partial charge in [0.25, 0.3) is 0 Å². The average molecular weight is 140 g/mol. The molecule has 3 aliphatic rings. The molecule has 0 heteroatoms. The van der Waals surface area contributed by atoms with Crippen molar-refractivity contribution in [3.8, 4) is 11.1 Å². The fraction of sp³-hybridized carbons (Fsp3) is 0.0909. The van der Waals surface area contributed by atoms with Crippen LogP contribution in [0.15, 0.2) is 36.4 Å². The van der Waals surface area contributed by atoms with Crippen LogP contribution < -0.4 is 0 Å². The summed E-state index contributed by atoms with van der Waals surface area (Å²) in [6.45, 7) is 0. The highest BCUT2D eigenvalue weighted by molar-refractivity contribution is 5.79. The van der Waals surface area contributed by atoms with E-state index in [0.717, 1.165) is 0 Å². The SMILES string of the molecule is c1ccc2cc3c(c-2cc1)C3. The molecule has 0 fully saturated rings. The van der Waals surface area contributed by atoms with Crippen LogP contribution in [0.1, 0.15) is 11.1 Å². The second kappa shape index (κ2) is 1.65. The van der Waals surface area contributed by atoms with Crippen molar-refractivity contribution in [1.82, 2.24) is 0 Å². The Bertz CT molecular complexity index is 388. The molecule has 0 N–H and O–H groups in total. The van der Waals surface area contributed by atoms with Crippen molar-refractivity contribution >= 4 is 0 Å². The first kappa shape index (κ1) is 5.36. The Morgan fingerprint density at radius 1 is 1.00 bits per heavy atom. The Morgan fingerprint density at radius 3 is 2.91 bits per heavy atom. The minimum absolute atomic E-state index is 1.23. The molecule has 3 aliphatic carbocycles. The summed E-state index contributed by atoms with van der Waals surface area (Å²) in [7, 11) is 0. The van der Waals surface area contributed by atoms with Crippen molar-refractivity contribution in [3.05, 3.63) is 47.5 Å². The summed E-state index contributed by atoms with van der Waals surface area (Å²) in [5.41, 5.74) is 5.96. The van der Waals surface area contributed by atoms with Gasteiger partial charge in [0, 0.05) is 0 Å². The normalized spacial score (nSPS) is 13.1. The van der Waals surface area contributed by atoms with Crippen molar-refractivity contribution < 1.29 is 0 Å². The summed E-state index contributed by atoms with van der Waals surface area (Å²) in [5.74, 6) is 0. The van der Waals surface area contributed by atoms with Crippen LogP contribution in [0.4, 0.5) is 0 Å². The van der Waals surface area contributed by atoms with Gasteiger partial charge in [-0.15, -0.1) is 0 Å². The summed E-state index contributed by atoms with van der Waals surface area (Å²) in [5, 5.41) is 0. The molecule has 0 aromatic rings. The van der Waals surface area contributed by atoms with E-state index in [1.165, 1.54) is 17.5 Å². The van der Waals surface area contributed by atoms with Gasteiger partial charge in [-0.2, -0.15) is 0 Å². The molecule has 0 aromatic heterocycles. The second-order valence-corrected chi connectivity index (χ2v) is 3.10. The zero-order valence-corrected chi connectivity index (χ0v) is 6.17. The van der Waals surface area contributed by atoms with E-state index in [2.05, 4.69) is 36.4 Å². The molecule has 0 radical (unpaired) electrons. The van der Waals surface area contributed by atoms with Crippen molar-refractivity contribution in [2.24, 2.45) is 0 Å². The molecule has 0 saturated carbocycles. The predicted octanol–water partition coefficient (Wildman–Crippen LogP) is 2.70. The van der Waals surface area contributed by atoms with Crippen LogP contribution in [0.25, 0.3) is 11.1 Å². The number of hydrogen-bond donors (Lipinski definition) is 0. The number of hydrogen-bond acceptors (Lipinski definition) is 0. The van der Waals surface area contributed by atoms with Gasteiger partial charge in [-0.25, -0.2) is 0 Å². The van der Waals surface area contributed by atoms with Crippen molar-refractivity contribution in [3.63, 3.8) is 0 Å². The van der Waals surface area contributed by atoms with Gasteiger partial charge in [-0.1, -0.05) is 36.4 Å². The van der Waals surface area contributed by atoms with Gasteiger partial charge in [0.2, 0.25) is 0 Å². The van der Waals surface area contributed by atoms with E-state index < -0.39 is 0 Å². The molecule has 0 spiro atoms. The lowest BCUT2D eigenvalue weighted by Gasteiger charge is -1.91. The van der Waals surface area contributed by atoms with E-state index >= 15 is 0 Å². The van der Waals surface area contributed by atoms with E-state index in [0.29, 0.717) is 0 Å². The van der Waals surface area contributed by atoms with Crippen LogP contribution in [0, 0.1) is 0 Å². The van der Waals surface area contributed by atoms with Crippen LogP contribution in [0.2, 0.25) is 0 Å². The van der Waals surface area contributed by atoms with E-state index in [9.17, 15) is 0 Å². The molecule has 0 aromatic carbocycles. The quantitative estimate of drug-likeness (QED) is 0.450. The Morgan fingerprint density at radius 2 is 1.91 bits per heavy atom. The lowest BCUT2D eigenvalue weighted by Crippen LogP contribution is -1.67. The molecule has 0 heterocycles. The first-order valence-electron chi connectivity index (χ1n) is 3.95. The molecule has 0 aliphatic heterocycles. The summed E-state index contributed by atoms with van der Waals surface area (Å²) >= 11 is 0. The molecule has 0 unspecified atom stereocenters. The molecule has 52 valence electrons. The van der Waals surface area contributed by atoms with E-state index in [-0.39, 0.29) is 0 Å². The number of fused-ring (bicyclic) bond motifs is 3. The predicted molar refractivity (Wildman–Crippen MR) is 45.9 cm³/mol. The second-order valence-electron chi connectivity index (χ2n) is 3.10.